The summed E-state index contributed by atoms with van der Waals surface area (Å²) in [6, 6.07) is 3.33. The standard InChI is InChI=1S/C24H21F3N6O2/c1-5-6-29-21(34)16-8-15(9-28-10-16)18-7-14(2)19-20(31-18)23(3,4)33(22(19)35)17-11-30-32(12-17)13-24(25,26)27/h1,7-12H,6,13H2,2-4H3,(H,29,34). The lowest BCUT2D eigenvalue weighted by Gasteiger charge is -2.30. The number of aryl methyl sites for hydroxylation is 1. The Labute approximate surface area is 199 Å². The Balaban J connectivity index is 1.72. The first-order valence-corrected chi connectivity index (χ1v) is 10.6. The first-order chi connectivity index (χ1) is 16.4. The maximum absolute atomic E-state index is 13.4. The van der Waals surface area contributed by atoms with Crippen LogP contribution in [0.25, 0.3) is 11.3 Å². The van der Waals surface area contributed by atoms with E-state index in [0.29, 0.717) is 33.6 Å². The van der Waals surface area contributed by atoms with Gasteiger partial charge in [-0.3, -0.25) is 24.2 Å². The van der Waals surface area contributed by atoms with Crippen molar-refractivity contribution in [3.8, 4) is 23.6 Å². The van der Waals surface area contributed by atoms with Gasteiger partial charge in [-0.15, -0.1) is 6.42 Å². The van der Waals surface area contributed by atoms with Crippen molar-refractivity contribution in [1.82, 2.24) is 25.1 Å². The number of hydrogen-bond donors (Lipinski definition) is 1. The lowest BCUT2D eigenvalue weighted by molar-refractivity contribution is -0.142. The normalized spacial score (nSPS) is 14.5. The smallest absolute Gasteiger partial charge is 0.341 e. The van der Waals surface area contributed by atoms with Gasteiger partial charge >= 0.3 is 6.18 Å². The zero-order valence-electron chi connectivity index (χ0n) is 19.1. The monoisotopic (exact) mass is 482 g/mol. The van der Waals surface area contributed by atoms with Crippen LogP contribution < -0.4 is 10.2 Å². The van der Waals surface area contributed by atoms with E-state index in [1.165, 1.54) is 23.5 Å². The van der Waals surface area contributed by atoms with Gasteiger partial charge in [-0.05, 0) is 38.5 Å². The average molecular weight is 482 g/mol. The number of fused-ring (bicyclic) bond motifs is 1. The molecular formula is C24H21F3N6O2. The molecule has 3 aromatic rings. The molecule has 8 nitrogen and oxygen atoms in total. The van der Waals surface area contributed by atoms with Crippen LogP contribution in [-0.4, -0.2) is 44.3 Å². The summed E-state index contributed by atoms with van der Waals surface area (Å²) in [7, 11) is 0. The van der Waals surface area contributed by atoms with E-state index in [4.69, 9.17) is 11.4 Å². The maximum Gasteiger partial charge on any atom is 0.408 e. The molecule has 0 fully saturated rings. The van der Waals surface area contributed by atoms with Gasteiger partial charge in [-0.2, -0.15) is 18.3 Å². The molecule has 0 saturated carbocycles. The Bertz CT molecular complexity index is 1370. The fourth-order valence-corrected chi connectivity index (χ4v) is 4.12. The number of terminal acetylenes is 1. The number of halogens is 3. The molecule has 0 radical (unpaired) electrons. The van der Waals surface area contributed by atoms with Crippen molar-refractivity contribution in [2.45, 2.75) is 39.0 Å². The Kier molecular flexibility index (Phi) is 5.84. The van der Waals surface area contributed by atoms with Crippen molar-refractivity contribution >= 4 is 17.5 Å². The molecule has 1 N–H and O–H groups in total. The topological polar surface area (TPSA) is 93.0 Å². The van der Waals surface area contributed by atoms with Crippen LogP contribution in [0.5, 0.6) is 0 Å². The summed E-state index contributed by atoms with van der Waals surface area (Å²) in [5.74, 6) is 1.57. The van der Waals surface area contributed by atoms with Crippen molar-refractivity contribution in [1.29, 1.82) is 0 Å². The fraction of sp³-hybridized carbons (Fsp3) is 0.292. The molecule has 4 rings (SSSR count). The van der Waals surface area contributed by atoms with Crippen LogP contribution >= 0.6 is 0 Å². The SMILES string of the molecule is C#CCNC(=O)c1cncc(-c2cc(C)c3c(n2)C(C)(C)N(c2cnn(CC(F)(F)F)c2)C3=O)c1. The van der Waals surface area contributed by atoms with E-state index in [-0.39, 0.29) is 24.0 Å². The van der Waals surface area contributed by atoms with Gasteiger partial charge in [0, 0.05) is 24.2 Å². The van der Waals surface area contributed by atoms with Crippen LogP contribution in [0.15, 0.2) is 36.9 Å². The number of rotatable bonds is 5. The molecule has 180 valence electrons. The second-order valence-corrected chi connectivity index (χ2v) is 8.61. The maximum atomic E-state index is 13.4. The van der Waals surface area contributed by atoms with E-state index in [0.717, 1.165) is 4.68 Å². The fourth-order valence-electron chi connectivity index (χ4n) is 4.12. The minimum absolute atomic E-state index is 0.0744. The Morgan fingerprint density at radius 3 is 2.66 bits per heavy atom. The summed E-state index contributed by atoms with van der Waals surface area (Å²) in [5, 5.41) is 6.34. The number of nitrogens with zero attached hydrogens (tertiary/aromatic N) is 5. The van der Waals surface area contributed by atoms with Gasteiger partial charge in [0.25, 0.3) is 11.8 Å². The van der Waals surface area contributed by atoms with Crippen molar-refractivity contribution in [2.75, 3.05) is 11.4 Å². The number of carbonyl (C=O) groups is 2. The lowest BCUT2D eigenvalue weighted by atomic mass is 9.96. The molecule has 0 saturated heterocycles. The number of carbonyl (C=O) groups excluding carboxylic acids is 2. The summed E-state index contributed by atoms with van der Waals surface area (Å²) in [6.45, 7) is 4.09. The second kappa shape index (κ2) is 8.54. The highest BCUT2D eigenvalue weighted by atomic mass is 19.4. The molecule has 3 aromatic heterocycles. The van der Waals surface area contributed by atoms with Crippen LogP contribution in [0.1, 0.15) is 45.8 Å². The van der Waals surface area contributed by atoms with Crippen molar-refractivity contribution in [3.63, 3.8) is 0 Å². The number of alkyl halides is 3. The highest BCUT2D eigenvalue weighted by Gasteiger charge is 2.47. The van der Waals surface area contributed by atoms with Crippen LogP contribution in [0.3, 0.4) is 0 Å². The number of nitrogens with one attached hydrogen (secondary N) is 1. The van der Waals surface area contributed by atoms with Crippen LogP contribution in [0, 0.1) is 19.3 Å². The zero-order valence-corrected chi connectivity index (χ0v) is 19.1. The highest BCUT2D eigenvalue weighted by molar-refractivity contribution is 6.12. The third kappa shape index (κ3) is 4.47. The molecule has 11 heteroatoms. The predicted octanol–water partition coefficient (Wildman–Crippen LogP) is 3.47. The van der Waals surface area contributed by atoms with Crippen LogP contribution in [0.4, 0.5) is 18.9 Å². The number of pyridine rings is 2. The molecule has 0 bridgehead atoms. The largest absolute Gasteiger partial charge is 0.408 e. The minimum Gasteiger partial charge on any atom is -0.341 e. The Morgan fingerprint density at radius 1 is 1.23 bits per heavy atom. The quantitative estimate of drug-likeness (QED) is 0.563. The van der Waals surface area contributed by atoms with E-state index in [9.17, 15) is 22.8 Å². The van der Waals surface area contributed by atoms with Crippen molar-refractivity contribution in [3.05, 3.63) is 59.3 Å². The molecule has 1 aliphatic rings. The first kappa shape index (κ1) is 23.9. The van der Waals surface area contributed by atoms with Crippen LogP contribution in [-0.2, 0) is 12.1 Å². The Hall–Kier alpha value is -4.20. The van der Waals surface area contributed by atoms with Gasteiger partial charge in [0.15, 0.2) is 0 Å². The third-order valence-electron chi connectivity index (χ3n) is 5.64. The lowest BCUT2D eigenvalue weighted by Crippen LogP contribution is -2.39. The van der Waals surface area contributed by atoms with E-state index in [2.05, 4.69) is 21.3 Å². The second-order valence-electron chi connectivity index (χ2n) is 8.61. The molecule has 2 amide bonds. The molecular weight excluding hydrogens is 461 g/mol. The number of anilines is 1. The summed E-state index contributed by atoms with van der Waals surface area (Å²) in [5.41, 5.74) is 2.08. The molecule has 1 aliphatic heterocycles. The van der Waals surface area contributed by atoms with Gasteiger partial charge in [0.05, 0.1) is 46.5 Å². The van der Waals surface area contributed by atoms with Crippen molar-refractivity contribution < 1.29 is 22.8 Å². The number of aromatic nitrogens is 4. The molecule has 0 aliphatic carbocycles. The van der Waals surface area contributed by atoms with E-state index in [1.807, 2.05) is 0 Å². The van der Waals surface area contributed by atoms with Gasteiger partial charge in [0.2, 0.25) is 0 Å². The number of amides is 2. The van der Waals surface area contributed by atoms with Crippen LogP contribution in [0.2, 0.25) is 0 Å². The molecule has 0 spiro atoms. The third-order valence-corrected chi connectivity index (χ3v) is 5.64. The zero-order chi connectivity index (χ0) is 25.5. The molecule has 35 heavy (non-hydrogen) atoms. The molecule has 4 heterocycles. The number of hydrogen-bond acceptors (Lipinski definition) is 5. The van der Waals surface area contributed by atoms with Crippen molar-refractivity contribution in [2.24, 2.45) is 0 Å². The van der Waals surface area contributed by atoms with E-state index >= 15 is 0 Å². The van der Waals surface area contributed by atoms with E-state index < -0.39 is 18.3 Å². The molecule has 0 unspecified atom stereocenters. The van der Waals surface area contributed by atoms with Gasteiger partial charge in [0.1, 0.15) is 6.54 Å². The molecule has 0 aromatic carbocycles. The first-order valence-electron chi connectivity index (χ1n) is 10.6. The van der Waals surface area contributed by atoms with E-state index in [1.54, 1.807) is 39.1 Å². The minimum atomic E-state index is -4.44. The average Bonchev–Trinajstić information content (AvgIpc) is 3.30. The van der Waals surface area contributed by atoms with Gasteiger partial charge in [-0.1, -0.05) is 5.92 Å². The molecule has 0 atom stereocenters. The highest BCUT2D eigenvalue weighted by Crippen LogP contribution is 2.43. The summed E-state index contributed by atoms with van der Waals surface area (Å²) in [4.78, 5) is 35.9. The Morgan fingerprint density at radius 2 is 1.97 bits per heavy atom. The van der Waals surface area contributed by atoms with Gasteiger partial charge in [-0.25, -0.2) is 4.98 Å². The summed E-state index contributed by atoms with van der Waals surface area (Å²) >= 11 is 0. The van der Waals surface area contributed by atoms with Gasteiger partial charge < -0.3 is 5.32 Å². The predicted molar refractivity (Wildman–Crippen MR) is 121 cm³/mol. The summed E-state index contributed by atoms with van der Waals surface area (Å²) in [6.07, 6.45) is 6.13. The summed E-state index contributed by atoms with van der Waals surface area (Å²) < 4.78 is 39.1.